The molecule has 3 aromatic rings. The van der Waals surface area contributed by atoms with E-state index in [-0.39, 0.29) is 17.5 Å². The predicted octanol–water partition coefficient (Wildman–Crippen LogP) is 3.33. The van der Waals surface area contributed by atoms with Crippen molar-refractivity contribution in [1.82, 2.24) is 20.0 Å². The van der Waals surface area contributed by atoms with E-state index in [1.165, 1.54) is 33.5 Å². The standard InChI is InChI=1S/C22H23N5O4S/c1-2-3-19(22(29)25-10-8-20-15(13-25)9-11-32-20)24-21(28)16-12-23-26(14-16)17-4-6-18(7-5-17)27(30)31/h4-7,9,11-12,14,19H,2-3,8,10,13H2,1H3,(H,24,28). The summed E-state index contributed by atoms with van der Waals surface area (Å²) >= 11 is 1.72. The first-order valence-electron chi connectivity index (χ1n) is 10.4. The monoisotopic (exact) mass is 453 g/mol. The summed E-state index contributed by atoms with van der Waals surface area (Å²) in [5.74, 6) is -0.446. The zero-order valence-electron chi connectivity index (χ0n) is 17.6. The average Bonchev–Trinajstić information content (AvgIpc) is 3.47. The van der Waals surface area contributed by atoms with E-state index in [1.807, 2.05) is 17.2 Å². The zero-order chi connectivity index (χ0) is 22.7. The molecule has 2 amide bonds. The molecular weight excluding hydrogens is 430 g/mol. The van der Waals surface area contributed by atoms with Crippen LogP contribution in [0.15, 0.2) is 48.1 Å². The maximum absolute atomic E-state index is 13.1. The lowest BCUT2D eigenvalue weighted by Crippen LogP contribution is -2.49. The molecule has 166 valence electrons. The molecule has 1 N–H and O–H groups in total. The molecular formula is C22H23N5O4S. The fourth-order valence-corrected chi connectivity index (χ4v) is 4.64. The highest BCUT2D eigenvalue weighted by Crippen LogP contribution is 2.24. The second-order valence-corrected chi connectivity index (χ2v) is 8.64. The van der Waals surface area contributed by atoms with Crippen molar-refractivity contribution in [3.05, 3.63) is 74.2 Å². The number of hydrogen-bond acceptors (Lipinski definition) is 6. The Kier molecular flexibility index (Phi) is 6.31. The molecule has 9 nitrogen and oxygen atoms in total. The van der Waals surface area contributed by atoms with Crippen LogP contribution in [-0.4, -0.2) is 44.0 Å². The fraction of sp³-hybridized carbons (Fsp3) is 0.318. The Morgan fingerprint density at radius 2 is 2.06 bits per heavy atom. The summed E-state index contributed by atoms with van der Waals surface area (Å²) < 4.78 is 1.47. The minimum atomic E-state index is -0.601. The Morgan fingerprint density at radius 3 is 2.78 bits per heavy atom. The van der Waals surface area contributed by atoms with Gasteiger partial charge in [0.1, 0.15) is 6.04 Å². The number of fused-ring (bicyclic) bond motifs is 1. The van der Waals surface area contributed by atoms with Gasteiger partial charge in [-0.2, -0.15) is 5.10 Å². The number of benzene rings is 1. The first kappa shape index (κ1) is 21.7. The number of rotatable bonds is 7. The van der Waals surface area contributed by atoms with E-state index >= 15 is 0 Å². The van der Waals surface area contributed by atoms with Gasteiger partial charge in [-0.1, -0.05) is 13.3 Å². The van der Waals surface area contributed by atoms with Gasteiger partial charge in [0.2, 0.25) is 5.91 Å². The molecule has 32 heavy (non-hydrogen) atoms. The Bertz CT molecular complexity index is 1140. The summed E-state index contributed by atoms with van der Waals surface area (Å²) in [5, 5.41) is 19.9. The van der Waals surface area contributed by atoms with E-state index < -0.39 is 11.0 Å². The third-order valence-electron chi connectivity index (χ3n) is 5.47. The second-order valence-electron chi connectivity index (χ2n) is 7.64. The third kappa shape index (κ3) is 4.54. The van der Waals surface area contributed by atoms with Crippen molar-refractivity contribution in [2.45, 2.75) is 38.8 Å². The number of amides is 2. The van der Waals surface area contributed by atoms with Crippen LogP contribution in [0.1, 0.15) is 40.6 Å². The maximum Gasteiger partial charge on any atom is 0.269 e. The number of nitro groups is 1. The van der Waals surface area contributed by atoms with Gasteiger partial charge in [-0.3, -0.25) is 19.7 Å². The minimum Gasteiger partial charge on any atom is -0.340 e. The van der Waals surface area contributed by atoms with Gasteiger partial charge in [-0.25, -0.2) is 4.68 Å². The molecule has 1 unspecified atom stereocenters. The third-order valence-corrected chi connectivity index (χ3v) is 6.49. The van der Waals surface area contributed by atoms with E-state index in [4.69, 9.17) is 0 Å². The lowest BCUT2D eigenvalue weighted by atomic mass is 10.1. The Balaban J connectivity index is 1.44. The number of nitrogens with zero attached hydrogens (tertiary/aromatic N) is 4. The molecule has 1 atom stereocenters. The largest absolute Gasteiger partial charge is 0.340 e. The van der Waals surface area contributed by atoms with Gasteiger partial charge in [-0.15, -0.1) is 11.3 Å². The molecule has 0 saturated heterocycles. The van der Waals surface area contributed by atoms with E-state index in [2.05, 4.69) is 16.5 Å². The quantitative estimate of drug-likeness (QED) is 0.436. The first-order chi connectivity index (χ1) is 15.5. The molecule has 0 bridgehead atoms. The van der Waals surface area contributed by atoms with Crippen LogP contribution in [0.5, 0.6) is 0 Å². The number of nitrogens with one attached hydrogen (secondary N) is 1. The van der Waals surface area contributed by atoms with E-state index in [9.17, 15) is 19.7 Å². The predicted molar refractivity (Wildman–Crippen MR) is 120 cm³/mol. The Labute approximate surface area is 188 Å². The molecule has 2 aromatic heterocycles. The minimum absolute atomic E-state index is 0.0212. The van der Waals surface area contributed by atoms with Crippen molar-refractivity contribution in [2.75, 3.05) is 6.54 Å². The number of non-ortho nitro benzene ring substituents is 1. The number of carbonyl (C=O) groups excluding carboxylic acids is 2. The average molecular weight is 454 g/mol. The number of hydrogen-bond donors (Lipinski definition) is 1. The fourth-order valence-electron chi connectivity index (χ4n) is 3.75. The van der Waals surface area contributed by atoms with Crippen LogP contribution < -0.4 is 5.32 Å². The lowest BCUT2D eigenvalue weighted by molar-refractivity contribution is -0.384. The van der Waals surface area contributed by atoms with Crippen LogP contribution in [0.4, 0.5) is 5.69 Å². The molecule has 0 fully saturated rings. The Hall–Kier alpha value is -3.53. The molecule has 1 aliphatic heterocycles. The normalized spacial score (nSPS) is 14.0. The van der Waals surface area contributed by atoms with E-state index in [1.54, 1.807) is 29.7 Å². The van der Waals surface area contributed by atoms with Gasteiger partial charge < -0.3 is 10.2 Å². The van der Waals surface area contributed by atoms with Crippen LogP contribution in [0.25, 0.3) is 5.69 Å². The van der Waals surface area contributed by atoms with Crippen molar-refractivity contribution in [1.29, 1.82) is 0 Å². The molecule has 0 saturated carbocycles. The van der Waals surface area contributed by atoms with Crippen LogP contribution in [0.2, 0.25) is 0 Å². The summed E-state index contributed by atoms with van der Waals surface area (Å²) in [7, 11) is 0. The number of thiophene rings is 1. The second kappa shape index (κ2) is 9.31. The lowest BCUT2D eigenvalue weighted by Gasteiger charge is -2.30. The van der Waals surface area contributed by atoms with Crippen molar-refractivity contribution in [3.63, 3.8) is 0 Å². The van der Waals surface area contributed by atoms with Crippen LogP contribution in [0, 0.1) is 10.1 Å². The van der Waals surface area contributed by atoms with Crippen molar-refractivity contribution < 1.29 is 14.5 Å². The molecule has 10 heteroatoms. The van der Waals surface area contributed by atoms with Crippen molar-refractivity contribution >= 4 is 28.8 Å². The van der Waals surface area contributed by atoms with Crippen molar-refractivity contribution in [2.24, 2.45) is 0 Å². The van der Waals surface area contributed by atoms with Gasteiger partial charge >= 0.3 is 0 Å². The van der Waals surface area contributed by atoms with Crippen molar-refractivity contribution in [3.8, 4) is 5.69 Å². The van der Waals surface area contributed by atoms with Crippen LogP contribution in [0.3, 0.4) is 0 Å². The highest BCUT2D eigenvalue weighted by molar-refractivity contribution is 7.10. The topological polar surface area (TPSA) is 110 Å². The molecule has 3 heterocycles. The highest BCUT2D eigenvalue weighted by atomic mass is 32.1. The maximum atomic E-state index is 13.1. The van der Waals surface area contributed by atoms with Gasteiger partial charge in [0.25, 0.3) is 11.6 Å². The summed E-state index contributed by atoms with van der Waals surface area (Å²) in [5.41, 5.74) is 2.07. The highest BCUT2D eigenvalue weighted by Gasteiger charge is 2.29. The first-order valence-corrected chi connectivity index (χ1v) is 11.3. The number of aromatic nitrogens is 2. The summed E-state index contributed by atoms with van der Waals surface area (Å²) in [6, 6.07) is 7.33. The van der Waals surface area contributed by atoms with E-state index in [0.717, 1.165) is 12.8 Å². The van der Waals surface area contributed by atoms with Gasteiger partial charge in [0.05, 0.1) is 22.4 Å². The molecule has 1 aromatic carbocycles. The molecule has 1 aliphatic rings. The molecule has 0 aliphatic carbocycles. The zero-order valence-corrected chi connectivity index (χ0v) is 18.4. The van der Waals surface area contributed by atoms with Gasteiger partial charge in [0.15, 0.2) is 0 Å². The SMILES string of the molecule is CCCC(NC(=O)c1cnn(-c2ccc([N+](=O)[O-])cc2)c1)C(=O)N1CCc2sccc2C1. The number of nitro benzene ring substituents is 1. The molecule has 0 radical (unpaired) electrons. The summed E-state index contributed by atoms with van der Waals surface area (Å²) in [6.45, 7) is 3.21. The smallest absolute Gasteiger partial charge is 0.269 e. The van der Waals surface area contributed by atoms with Gasteiger partial charge in [-0.05, 0) is 42.0 Å². The Morgan fingerprint density at radius 1 is 1.28 bits per heavy atom. The molecule has 0 spiro atoms. The van der Waals surface area contributed by atoms with Gasteiger partial charge in [0, 0.05) is 36.3 Å². The van der Waals surface area contributed by atoms with Crippen LogP contribution in [-0.2, 0) is 17.8 Å². The summed E-state index contributed by atoms with van der Waals surface area (Å²) in [4.78, 5) is 39.5. The summed E-state index contributed by atoms with van der Waals surface area (Å²) in [6.07, 6.45) is 5.11. The number of carbonyl (C=O) groups is 2. The molecule has 4 rings (SSSR count). The van der Waals surface area contributed by atoms with E-state index in [0.29, 0.717) is 30.8 Å². The van der Waals surface area contributed by atoms with Crippen LogP contribution >= 0.6 is 11.3 Å².